The third-order valence-corrected chi connectivity index (χ3v) is 3.33. The van der Waals surface area contributed by atoms with Gasteiger partial charge in [-0.3, -0.25) is 4.79 Å². The molecule has 0 aromatic heterocycles. The molecule has 0 atom stereocenters. The minimum Gasteiger partial charge on any atom is -0.351 e. The van der Waals surface area contributed by atoms with Gasteiger partial charge in [-0.25, -0.2) is 4.79 Å². The van der Waals surface area contributed by atoms with Crippen molar-refractivity contribution < 1.29 is 22.8 Å². The highest BCUT2D eigenvalue weighted by molar-refractivity contribution is 5.91. The summed E-state index contributed by atoms with van der Waals surface area (Å²) in [5.41, 5.74) is 6.01. The maximum absolute atomic E-state index is 12.5. The van der Waals surface area contributed by atoms with Gasteiger partial charge in [0.1, 0.15) is 0 Å². The van der Waals surface area contributed by atoms with Crippen molar-refractivity contribution in [1.82, 2.24) is 5.32 Å². The van der Waals surface area contributed by atoms with Gasteiger partial charge in [0, 0.05) is 18.3 Å². The number of hydrogen-bond acceptors (Lipinski definition) is 2. The molecule has 0 fully saturated rings. The fourth-order valence-corrected chi connectivity index (χ4v) is 2.10. The van der Waals surface area contributed by atoms with Crippen LogP contribution >= 0.6 is 0 Å². The van der Waals surface area contributed by atoms with E-state index in [1.54, 1.807) is 24.3 Å². The highest BCUT2D eigenvalue weighted by Crippen LogP contribution is 2.29. The van der Waals surface area contributed by atoms with Crippen LogP contribution in [0.3, 0.4) is 0 Å². The van der Waals surface area contributed by atoms with Gasteiger partial charge in [-0.1, -0.05) is 24.3 Å². The fourth-order valence-electron chi connectivity index (χ4n) is 2.10. The van der Waals surface area contributed by atoms with Gasteiger partial charge in [-0.2, -0.15) is 13.2 Å². The quantitative estimate of drug-likeness (QED) is 0.710. The molecule has 2 aromatic carbocycles. The summed E-state index contributed by atoms with van der Waals surface area (Å²) >= 11 is 0. The first-order valence-corrected chi connectivity index (χ1v) is 7.52. The smallest absolute Gasteiger partial charge is 0.351 e. The third-order valence-electron chi connectivity index (χ3n) is 3.33. The summed E-state index contributed by atoms with van der Waals surface area (Å²) in [6.07, 6.45) is -1.74. The molecule has 0 aliphatic carbocycles. The Kier molecular flexibility index (Phi) is 6.00. The van der Waals surface area contributed by atoms with Crippen LogP contribution in [-0.2, 0) is 17.5 Å². The van der Waals surface area contributed by atoms with Crippen LogP contribution < -0.4 is 16.4 Å². The van der Waals surface area contributed by atoms with Crippen molar-refractivity contribution in [2.24, 2.45) is 5.73 Å². The minimum atomic E-state index is -4.39. The molecule has 136 valence electrons. The topological polar surface area (TPSA) is 84.2 Å². The molecular weight excluding hydrogens is 347 g/mol. The van der Waals surface area contributed by atoms with E-state index in [0.29, 0.717) is 11.3 Å². The van der Waals surface area contributed by atoms with E-state index >= 15 is 0 Å². The van der Waals surface area contributed by atoms with Crippen LogP contribution in [-0.4, -0.2) is 11.9 Å². The van der Waals surface area contributed by atoms with Gasteiger partial charge in [0.25, 0.3) is 0 Å². The van der Waals surface area contributed by atoms with E-state index in [2.05, 4.69) is 10.6 Å². The average molecular weight is 363 g/mol. The molecule has 0 spiro atoms. The van der Waals surface area contributed by atoms with Crippen LogP contribution in [0.15, 0.2) is 54.6 Å². The number of nitrogens with one attached hydrogen (secondary N) is 2. The van der Waals surface area contributed by atoms with Gasteiger partial charge in [0.2, 0.25) is 5.91 Å². The Morgan fingerprint density at radius 1 is 1.08 bits per heavy atom. The summed E-state index contributed by atoms with van der Waals surface area (Å²) < 4.78 is 37.4. The summed E-state index contributed by atoms with van der Waals surface area (Å²) in [6.45, 7) is 0.213. The lowest BCUT2D eigenvalue weighted by Crippen LogP contribution is -2.21. The van der Waals surface area contributed by atoms with Crippen molar-refractivity contribution in [3.8, 4) is 0 Å². The Labute approximate surface area is 147 Å². The van der Waals surface area contributed by atoms with Crippen LogP contribution in [0.4, 0.5) is 23.7 Å². The number of amides is 3. The van der Waals surface area contributed by atoms with Crippen LogP contribution in [0, 0.1) is 0 Å². The highest BCUT2D eigenvalue weighted by Gasteiger charge is 2.29. The zero-order valence-corrected chi connectivity index (χ0v) is 13.5. The molecule has 3 amide bonds. The summed E-state index contributed by atoms with van der Waals surface area (Å²) in [7, 11) is 0. The highest BCUT2D eigenvalue weighted by atomic mass is 19.4. The van der Waals surface area contributed by atoms with Crippen molar-refractivity contribution in [2.45, 2.75) is 12.7 Å². The van der Waals surface area contributed by atoms with E-state index in [-0.39, 0.29) is 6.54 Å². The Balaban J connectivity index is 1.90. The molecule has 4 N–H and O–H groups in total. The normalized spacial score (nSPS) is 11.3. The average Bonchev–Trinajstić information content (AvgIpc) is 2.57. The van der Waals surface area contributed by atoms with E-state index in [1.807, 2.05) is 0 Å². The van der Waals surface area contributed by atoms with Gasteiger partial charge in [-0.05, 0) is 41.5 Å². The predicted octanol–water partition coefficient (Wildman–Crippen LogP) is 3.53. The number of urea groups is 1. The lowest BCUT2D eigenvalue weighted by Gasteiger charge is -2.06. The molecule has 0 unspecified atom stereocenters. The van der Waals surface area contributed by atoms with E-state index in [9.17, 15) is 22.8 Å². The monoisotopic (exact) mass is 363 g/mol. The zero-order chi connectivity index (χ0) is 19.2. The lowest BCUT2D eigenvalue weighted by molar-refractivity contribution is -0.137. The van der Waals surface area contributed by atoms with E-state index in [0.717, 1.165) is 17.7 Å². The number of benzene rings is 2. The van der Waals surface area contributed by atoms with Crippen molar-refractivity contribution in [1.29, 1.82) is 0 Å². The van der Waals surface area contributed by atoms with Crippen LogP contribution in [0.2, 0.25) is 0 Å². The standard InChI is InChI=1S/C18H16F3N3O2/c19-18(20,21)14-7-4-12(5-8-14)6-9-16(25)23-11-13-2-1-3-15(10-13)24-17(22)26/h1-10H,11H2,(H,23,25)(H3,22,24,26)/b9-6+. The fraction of sp³-hybridized carbons (Fsp3) is 0.111. The van der Waals surface area contributed by atoms with Gasteiger partial charge in [0.05, 0.1) is 5.56 Å². The largest absolute Gasteiger partial charge is 0.416 e. The number of hydrogen-bond donors (Lipinski definition) is 3. The van der Waals surface area contributed by atoms with Crippen molar-refractivity contribution in [3.63, 3.8) is 0 Å². The number of carbonyl (C=O) groups excluding carboxylic acids is 2. The molecule has 0 saturated carbocycles. The SMILES string of the molecule is NC(=O)Nc1cccc(CNC(=O)/C=C/c2ccc(C(F)(F)F)cc2)c1. The van der Waals surface area contributed by atoms with Crippen LogP contribution in [0.25, 0.3) is 6.08 Å². The molecule has 26 heavy (non-hydrogen) atoms. The second-order valence-corrected chi connectivity index (χ2v) is 5.36. The molecule has 0 radical (unpaired) electrons. The molecule has 2 aromatic rings. The molecule has 5 nitrogen and oxygen atoms in total. The molecule has 0 bridgehead atoms. The predicted molar refractivity (Wildman–Crippen MR) is 92.0 cm³/mol. The maximum atomic E-state index is 12.5. The molecule has 8 heteroatoms. The number of halogens is 3. The molecule has 2 rings (SSSR count). The number of carbonyl (C=O) groups is 2. The summed E-state index contributed by atoms with van der Waals surface area (Å²) in [4.78, 5) is 22.6. The Hall–Kier alpha value is -3.29. The van der Waals surface area contributed by atoms with Gasteiger partial charge in [0.15, 0.2) is 0 Å². The van der Waals surface area contributed by atoms with Gasteiger partial charge in [-0.15, -0.1) is 0 Å². The first-order chi connectivity index (χ1) is 12.2. The Morgan fingerprint density at radius 3 is 2.38 bits per heavy atom. The molecule has 0 aliphatic rings. The van der Waals surface area contributed by atoms with Gasteiger partial charge < -0.3 is 16.4 Å². The van der Waals surface area contributed by atoms with Crippen LogP contribution in [0.1, 0.15) is 16.7 Å². The minimum absolute atomic E-state index is 0.213. The molecular formula is C18H16F3N3O2. The number of alkyl halides is 3. The third kappa shape index (κ3) is 5.97. The van der Waals surface area contributed by atoms with Crippen LogP contribution in [0.5, 0.6) is 0 Å². The Morgan fingerprint density at radius 2 is 1.77 bits per heavy atom. The number of primary amides is 1. The Bertz CT molecular complexity index is 815. The zero-order valence-electron chi connectivity index (χ0n) is 13.5. The van der Waals surface area contributed by atoms with Crippen molar-refractivity contribution >= 4 is 23.7 Å². The second-order valence-electron chi connectivity index (χ2n) is 5.36. The number of anilines is 1. The molecule has 0 saturated heterocycles. The van der Waals surface area contributed by atoms with Crippen molar-refractivity contribution in [3.05, 3.63) is 71.3 Å². The van der Waals surface area contributed by atoms with Gasteiger partial charge >= 0.3 is 12.2 Å². The summed E-state index contributed by atoms with van der Waals surface area (Å²) in [5, 5.41) is 5.06. The first kappa shape index (κ1) is 19.0. The summed E-state index contributed by atoms with van der Waals surface area (Å²) in [5.74, 6) is -0.404. The molecule has 0 aliphatic heterocycles. The maximum Gasteiger partial charge on any atom is 0.416 e. The molecule has 0 heterocycles. The lowest BCUT2D eigenvalue weighted by atomic mass is 10.1. The first-order valence-electron chi connectivity index (χ1n) is 7.52. The second kappa shape index (κ2) is 8.19. The van der Waals surface area contributed by atoms with E-state index in [4.69, 9.17) is 5.73 Å². The number of rotatable bonds is 5. The van der Waals surface area contributed by atoms with E-state index in [1.165, 1.54) is 24.3 Å². The van der Waals surface area contributed by atoms with E-state index < -0.39 is 23.7 Å². The number of nitrogens with two attached hydrogens (primary N) is 1. The van der Waals surface area contributed by atoms with Crippen molar-refractivity contribution in [2.75, 3.05) is 5.32 Å². The summed E-state index contributed by atoms with van der Waals surface area (Å²) in [6, 6.07) is 10.5.